The van der Waals surface area contributed by atoms with E-state index in [9.17, 15) is 40.3 Å². The van der Waals surface area contributed by atoms with E-state index in [1.165, 1.54) is 23.6 Å². The summed E-state index contributed by atoms with van der Waals surface area (Å²) < 4.78 is 96.2. The normalized spacial score (nSPS) is 12.6. The minimum absolute atomic E-state index is 0.0679. The molecule has 0 unspecified atom stereocenters. The van der Waals surface area contributed by atoms with E-state index < -0.39 is 47.3 Å². The second kappa shape index (κ2) is 11.4. The average Bonchev–Trinajstić information content (AvgIpc) is 3.49. The molecular weight excluding hydrogens is 581 g/mol. The SMILES string of the molecule is CC(=O)Cn1c(-c2cnn(C(F)F)c2)cc(NC(=O)c2cc(F)cc(C(F)(F)F)c2)c1[C@@H](C)c1cc(F)ccc1Cl. The molecule has 4 rings (SSSR count). The van der Waals surface area contributed by atoms with Gasteiger partial charge in [0, 0.05) is 34.0 Å². The van der Waals surface area contributed by atoms with Crippen LogP contribution in [0.3, 0.4) is 0 Å². The number of halogens is 8. The summed E-state index contributed by atoms with van der Waals surface area (Å²) in [5.74, 6) is -4.34. The van der Waals surface area contributed by atoms with Crippen molar-refractivity contribution in [2.45, 2.75) is 39.0 Å². The Labute approximate surface area is 233 Å². The summed E-state index contributed by atoms with van der Waals surface area (Å²) in [6.07, 6.45) is -2.85. The zero-order valence-corrected chi connectivity index (χ0v) is 22.0. The first-order valence-electron chi connectivity index (χ1n) is 11.8. The van der Waals surface area contributed by atoms with Crippen molar-refractivity contribution in [3.63, 3.8) is 0 Å². The van der Waals surface area contributed by atoms with Crippen LogP contribution in [-0.2, 0) is 17.5 Å². The Morgan fingerprint density at radius 3 is 2.37 bits per heavy atom. The molecule has 14 heteroatoms. The zero-order valence-electron chi connectivity index (χ0n) is 21.2. The van der Waals surface area contributed by atoms with Gasteiger partial charge in [0.1, 0.15) is 17.4 Å². The van der Waals surface area contributed by atoms with Crippen LogP contribution in [0.2, 0.25) is 5.02 Å². The molecule has 0 aliphatic rings. The first-order valence-corrected chi connectivity index (χ1v) is 12.2. The summed E-state index contributed by atoms with van der Waals surface area (Å²) in [7, 11) is 0. The van der Waals surface area contributed by atoms with Gasteiger partial charge in [-0.2, -0.15) is 27.1 Å². The number of nitrogens with one attached hydrogen (secondary N) is 1. The van der Waals surface area contributed by atoms with Gasteiger partial charge in [0.05, 0.1) is 29.7 Å². The molecule has 2 aromatic carbocycles. The molecule has 0 saturated heterocycles. The Morgan fingerprint density at radius 2 is 1.76 bits per heavy atom. The molecule has 0 aliphatic heterocycles. The second-order valence-electron chi connectivity index (χ2n) is 9.17. The van der Waals surface area contributed by atoms with Gasteiger partial charge in [-0.1, -0.05) is 18.5 Å². The Bertz CT molecular complexity index is 1630. The molecule has 2 aromatic heterocycles. The third-order valence-electron chi connectivity index (χ3n) is 6.19. The lowest BCUT2D eigenvalue weighted by atomic mass is 9.96. The molecule has 4 aromatic rings. The standard InChI is InChI=1S/C27H20ClF7N4O2/c1-13(40)11-38-23(16-10-36-39(12-16)26(31)32)9-22(24(38)14(2)20-8-18(29)3-4-21(20)28)37-25(41)15-5-17(27(33,34)35)7-19(30)6-15/h3-10,12,14,26H,11H2,1-2H3,(H,37,41)/t14-/m0/s1. The van der Waals surface area contributed by atoms with Gasteiger partial charge in [-0.15, -0.1) is 0 Å². The van der Waals surface area contributed by atoms with Crippen molar-refractivity contribution in [2.24, 2.45) is 0 Å². The number of anilines is 1. The molecule has 2 heterocycles. The van der Waals surface area contributed by atoms with Gasteiger partial charge >= 0.3 is 12.7 Å². The Kier molecular flexibility index (Phi) is 8.29. The largest absolute Gasteiger partial charge is 0.416 e. The van der Waals surface area contributed by atoms with E-state index in [1.54, 1.807) is 6.92 Å². The number of benzene rings is 2. The third-order valence-corrected chi connectivity index (χ3v) is 6.53. The van der Waals surface area contributed by atoms with E-state index in [-0.39, 0.29) is 51.6 Å². The minimum atomic E-state index is -4.94. The van der Waals surface area contributed by atoms with E-state index in [0.29, 0.717) is 16.8 Å². The highest BCUT2D eigenvalue weighted by Crippen LogP contribution is 2.40. The number of Topliss-reactive ketones (excluding diaryl/α,β-unsaturated/α-hetero) is 1. The molecule has 0 radical (unpaired) electrons. The molecule has 1 N–H and O–H groups in total. The van der Waals surface area contributed by atoms with Crippen molar-refractivity contribution < 1.29 is 40.3 Å². The maximum absolute atomic E-state index is 14.2. The lowest BCUT2D eigenvalue weighted by molar-refractivity contribution is -0.137. The molecule has 0 bridgehead atoms. The number of carbonyl (C=O) groups excluding carboxylic acids is 2. The Morgan fingerprint density at radius 1 is 1.05 bits per heavy atom. The molecule has 1 amide bonds. The maximum Gasteiger partial charge on any atom is 0.416 e. The number of hydrogen-bond acceptors (Lipinski definition) is 3. The summed E-state index contributed by atoms with van der Waals surface area (Å²) in [5.41, 5.74) is -1.51. The van der Waals surface area contributed by atoms with Crippen LogP contribution >= 0.6 is 11.6 Å². The number of alkyl halides is 5. The van der Waals surface area contributed by atoms with Gasteiger partial charge in [0.15, 0.2) is 0 Å². The molecule has 0 aliphatic carbocycles. The molecule has 0 fully saturated rings. The fourth-order valence-electron chi connectivity index (χ4n) is 4.41. The zero-order chi connectivity index (χ0) is 30.2. The van der Waals surface area contributed by atoms with E-state index in [4.69, 9.17) is 11.6 Å². The van der Waals surface area contributed by atoms with Crippen LogP contribution in [0.4, 0.5) is 36.4 Å². The van der Waals surface area contributed by atoms with Crippen molar-refractivity contribution in [1.29, 1.82) is 0 Å². The lowest BCUT2D eigenvalue weighted by Gasteiger charge is -2.20. The van der Waals surface area contributed by atoms with Gasteiger partial charge in [-0.05, 0) is 55.0 Å². The number of aromatic nitrogens is 3. The van der Waals surface area contributed by atoms with Gasteiger partial charge in [0.25, 0.3) is 5.91 Å². The number of ketones is 1. The summed E-state index contributed by atoms with van der Waals surface area (Å²) in [6.45, 7) is -0.506. The van der Waals surface area contributed by atoms with Gasteiger partial charge in [-0.3, -0.25) is 9.59 Å². The fraction of sp³-hybridized carbons (Fsp3) is 0.222. The quantitative estimate of drug-likeness (QED) is 0.211. The number of rotatable bonds is 8. The predicted octanol–water partition coefficient (Wildman–Crippen LogP) is 7.69. The summed E-state index contributed by atoms with van der Waals surface area (Å²) >= 11 is 6.32. The van der Waals surface area contributed by atoms with E-state index in [2.05, 4.69) is 10.4 Å². The summed E-state index contributed by atoms with van der Waals surface area (Å²) in [6, 6.07) is 6.14. The fourth-order valence-corrected chi connectivity index (χ4v) is 4.69. The van der Waals surface area contributed by atoms with E-state index in [1.807, 2.05) is 0 Å². The summed E-state index contributed by atoms with van der Waals surface area (Å²) in [4.78, 5) is 25.4. The van der Waals surface area contributed by atoms with Crippen LogP contribution in [0.1, 0.15) is 53.5 Å². The van der Waals surface area contributed by atoms with Crippen LogP contribution in [0.25, 0.3) is 11.3 Å². The predicted molar refractivity (Wildman–Crippen MR) is 136 cm³/mol. The molecule has 6 nitrogen and oxygen atoms in total. The molecule has 216 valence electrons. The van der Waals surface area contributed by atoms with Crippen molar-refractivity contribution in [1.82, 2.24) is 14.3 Å². The Hall–Kier alpha value is -4.13. The van der Waals surface area contributed by atoms with Crippen molar-refractivity contribution >= 4 is 29.0 Å². The van der Waals surface area contributed by atoms with Crippen molar-refractivity contribution in [2.75, 3.05) is 5.32 Å². The molecule has 0 spiro atoms. The highest BCUT2D eigenvalue weighted by atomic mass is 35.5. The van der Waals surface area contributed by atoms with Gasteiger partial charge in [0.2, 0.25) is 0 Å². The highest BCUT2D eigenvalue weighted by Gasteiger charge is 2.32. The van der Waals surface area contributed by atoms with Crippen LogP contribution < -0.4 is 5.32 Å². The topological polar surface area (TPSA) is 68.9 Å². The highest BCUT2D eigenvalue weighted by molar-refractivity contribution is 6.31. The van der Waals surface area contributed by atoms with Crippen LogP contribution in [0.15, 0.2) is 54.9 Å². The van der Waals surface area contributed by atoms with Crippen LogP contribution in [-0.4, -0.2) is 26.0 Å². The van der Waals surface area contributed by atoms with E-state index >= 15 is 0 Å². The first-order chi connectivity index (χ1) is 19.1. The lowest BCUT2D eigenvalue weighted by Crippen LogP contribution is -2.18. The molecule has 0 saturated carbocycles. The number of carbonyl (C=O) groups is 2. The second-order valence-corrected chi connectivity index (χ2v) is 9.58. The summed E-state index contributed by atoms with van der Waals surface area (Å²) in [5, 5.41) is 6.15. The van der Waals surface area contributed by atoms with Gasteiger partial charge < -0.3 is 9.88 Å². The van der Waals surface area contributed by atoms with Crippen molar-refractivity contribution in [3.05, 3.63) is 93.9 Å². The van der Waals surface area contributed by atoms with Crippen LogP contribution in [0.5, 0.6) is 0 Å². The molecular formula is C27H20ClF7N4O2. The van der Waals surface area contributed by atoms with Crippen LogP contribution in [0, 0.1) is 11.6 Å². The Balaban J connectivity index is 1.91. The number of nitrogens with zero attached hydrogens (tertiary/aromatic N) is 3. The third kappa shape index (κ3) is 6.45. The first kappa shape index (κ1) is 29.8. The smallest absolute Gasteiger partial charge is 0.334 e. The van der Waals surface area contributed by atoms with Crippen molar-refractivity contribution in [3.8, 4) is 11.3 Å². The number of amides is 1. The van der Waals surface area contributed by atoms with Gasteiger partial charge in [-0.25, -0.2) is 13.5 Å². The average molecular weight is 601 g/mol. The molecule has 1 atom stereocenters. The molecule has 41 heavy (non-hydrogen) atoms. The minimum Gasteiger partial charge on any atom is -0.334 e. The maximum atomic E-state index is 14.2. The number of hydrogen-bond donors (Lipinski definition) is 1. The monoisotopic (exact) mass is 600 g/mol. The van der Waals surface area contributed by atoms with E-state index in [0.717, 1.165) is 24.5 Å².